The van der Waals surface area contributed by atoms with Crippen molar-refractivity contribution in [1.82, 2.24) is 4.98 Å². The predicted octanol–water partition coefficient (Wildman–Crippen LogP) is 5.93. The van der Waals surface area contributed by atoms with Gasteiger partial charge in [0.15, 0.2) is 0 Å². The molecule has 0 fully saturated rings. The number of hydrogen-bond acceptors (Lipinski definition) is 2. The number of pyridine rings is 1. The molecule has 3 heteroatoms. The fourth-order valence-electron chi connectivity index (χ4n) is 4.13. The van der Waals surface area contributed by atoms with Crippen LogP contribution in [0.4, 0.5) is 5.82 Å². The zero-order valence-corrected chi connectivity index (χ0v) is 15.7. The number of aromatic nitrogens is 1. The van der Waals surface area contributed by atoms with Crippen molar-refractivity contribution in [1.29, 1.82) is 0 Å². The van der Waals surface area contributed by atoms with Gasteiger partial charge in [0.25, 0.3) is 0 Å². The molecule has 1 unspecified atom stereocenters. The molecule has 1 atom stereocenters. The lowest BCUT2D eigenvalue weighted by Gasteiger charge is -2.29. The minimum atomic E-state index is 0.260. The Morgan fingerprint density at radius 2 is 1.65 bits per heavy atom. The standard InChI is InChI=1S/C23H17BrN2/c24-16-8-5-7-14(12-16)20-13-15-6-1-2-9-17(15)22-21(20)18-10-3-4-11-19(18)23(25)26-22/h1-12,20H,13H2,(H2,25,26). The number of rotatable bonds is 1. The fraction of sp³-hybridized carbons (Fsp3) is 0.0870. The van der Waals surface area contributed by atoms with E-state index in [9.17, 15) is 0 Å². The largest absolute Gasteiger partial charge is 0.383 e. The van der Waals surface area contributed by atoms with Gasteiger partial charge >= 0.3 is 0 Å². The number of anilines is 1. The summed E-state index contributed by atoms with van der Waals surface area (Å²) in [5, 5.41) is 2.24. The van der Waals surface area contributed by atoms with Crippen molar-refractivity contribution in [2.24, 2.45) is 0 Å². The van der Waals surface area contributed by atoms with Gasteiger partial charge in [-0.1, -0.05) is 76.6 Å². The highest BCUT2D eigenvalue weighted by molar-refractivity contribution is 9.10. The van der Waals surface area contributed by atoms with Crippen LogP contribution < -0.4 is 5.73 Å². The van der Waals surface area contributed by atoms with E-state index in [0.29, 0.717) is 5.82 Å². The van der Waals surface area contributed by atoms with Crippen LogP contribution in [0.15, 0.2) is 77.3 Å². The molecule has 0 radical (unpaired) electrons. The van der Waals surface area contributed by atoms with Crippen LogP contribution in [0.1, 0.15) is 22.6 Å². The molecule has 3 aromatic carbocycles. The topological polar surface area (TPSA) is 38.9 Å². The molecule has 0 saturated carbocycles. The third-order valence-corrected chi connectivity index (χ3v) is 5.77. The maximum absolute atomic E-state index is 6.33. The van der Waals surface area contributed by atoms with Gasteiger partial charge in [0.2, 0.25) is 0 Å². The van der Waals surface area contributed by atoms with E-state index < -0.39 is 0 Å². The molecule has 1 aromatic heterocycles. The normalized spacial score (nSPS) is 15.5. The van der Waals surface area contributed by atoms with E-state index >= 15 is 0 Å². The highest BCUT2D eigenvalue weighted by Gasteiger charge is 2.29. The Balaban J connectivity index is 1.88. The van der Waals surface area contributed by atoms with E-state index in [4.69, 9.17) is 10.7 Å². The van der Waals surface area contributed by atoms with Crippen LogP contribution in [0.5, 0.6) is 0 Å². The van der Waals surface area contributed by atoms with Crippen molar-refractivity contribution in [2.75, 3.05) is 5.73 Å². The molecule has 2 nitrogen and oxygen atoms in total. The Morgan fingerprint density at radius 3 is 2.50 bits per heavy atom. The molecule has 0 spiro atoms. The van der Waals surface area contributed by atoms with E-state index in [1.165, 1.54) is 27.6 Å². The second-order valence-electron chi connectivity index (χ2n) is 6.77. The maximum Gasteiger partial charge on any atom is 0.131 e. The van der Waals surface area contributed by atoms with Gasteiger partial charge in [-0.3, -0.25) is 0 Å². The first kappa shape index (κ1) is 15.6. The molecule has 1 heterocycles. The van der Waals surface area contributed by atoms with Crippen LogP contribution in [0.3, 0.4) is 0 Å². The summed E-state index contributed by atoms with van der Waals surface area (Å²) in [5.41, 5.74) is 12.5. The zero-order valence-electron chi connectivity index (χ0n) is 14.1. The lowest BCUT2D eigenvalue weighted by molar-refractivity contribution is 0.794. The van der Waals surface area contributed by atoms with Gasteiger partial charge in [-0.2, -0.15) is 0 Å². The van der Waals surface area contributed by atoms with Gasteiger partial charge in [-0.15, -0.1) is 0 Å². The van der Waals surface area contributed by atoms with Gasteiger partial charge in [0, 0.05) is 21.3 Å². The van der Waals surface area contributed by atoms with E-state index in [0.717, 1.165) is 22.0 Å². The van der Waals surface area contributed by atoms with E-state index in [-0.39, 0.29) is 5.92 Å². The molecule has 5 rings (SSSR count). The summed E-state index contributed by atoms with van der Waals surface area (Å²) in [5.74, 6) is 0.861. The average Bonchev–Trinajstić information content (AvgIpc) is 2.67. The summed E-state index contributed by atoms with van der Waals surface area (Å²) < 4.78 is 1.10. The monoisotopic (exact) mass is 400 g/mol. The Kier molecular flexibility index (Phi) is 3.57. The quantitative estimate of drug-likeness (QED) is 0.429. The summed E-state index contributed by atoms with van der Waals surface area (Å²) in [6, 6.07) is 25.5. The second kappa shape index (κ2) is 5.96. The Labute approximate surface area is 160 Å². The van der Waals surface area contributed by atoms with E-state index in [1.54, 1.807) is 0 Å². The van der Waals surface area contributed by atoms with Crippen molar-refractivity contribution in [3.05, 3.63) is 94.0 Å². The molecule has 26 heavy (non-hydrogen) atoms. The van der Waals surface area contributed by atoms with Crippen molar-refractivity contribution >= 4 is 32.5 Å². The molecule has 126 valence electrons. The highest BCUT2D eigenvalue weighted by Crippen LogP contribution is 2.46. The first-order valence-electron chi connectivity index (χ1n) is 8.74. The maximum atomic E-state index is 6.33. The number of hydrogen-bond donors (Lipinski definition) is 1. The Bertz CT molecular complexity index is 1150. The van der Waals surface area contributed by atoms with Crippen molar-refractivity contribution in [2.45, 2.75) is 12.3 Å². The van der Waals surface area contributed by atoms with Crippen molar-refractivity contribution in [3.63, 3.8) is 0 Å². The van der Waals surface area contributed by atoms with Crippen molar-refractivity contribution < 1.29 is 0 Å². The zero-order chi connectivity index (χ0) is 17.7. The van der Waals surface area contributed by atoms with Gasteiger partial charge in [0.05, 0.1) is 5.69 Å². The van der Waals surface area contributed by atoms with Crippen molar-refractivity contribution in [3.8, 4) is 11.3 Å². The Morgan fingerprint density at radius 1 is 0.885 bits per heavy atom. The number of fused-ring (bicyclic) bond motifs is 5. The lowest BCUT2D eigenvalue weighted by atomic mass is 9.76. The molecule has 0 amide bonds. The summed E-state index contributed by atoms with van der Waals surface area (Å²) in [7, 11) is 0. The Hall–Kier alpha value is -2.65. The molecular weight excluding hydrogens is 384 g/mol. The first-order valence-corrected chi connectivity index (χ1v) is 9.53. The minimum absolute atomic E-state index is 0.260. The number of nitrogens with zero attached hydrogens (tertiary/aromatic N) is 1. The molecular formula is C23H17BrN2. The molecule has 1 aliphatic rings. The summed E-state index contributed by atoms with van der Waals surface area (Å²) >= 11 is 3.63. The molecule has 2 N–H and O–H groups in total. The van der Waals surface area contributed by atoms with Gasteiger partial charge in [-0.05, 0) is 40.6 Å². The third-order valence-electron chi connectivity index (χ3n) is 5.28. The lowest BCUT2D eigenvalue weighted by Crippen LogP contribution is -2.15. The van der Waals surface area contributed by atoms with Gasteiger partial charge in [-0.25, -0.2) is 4.98 Å². The second-order valence-corrected chi connectivity index (χ2v) is 7.69. The number of nitrogens with two attached hydrogens (primary N) is 1. The molecule has 4 aromatic rings. The van der Waals surface area contributed by atoms with Crippen LogP contribution in [0, 0.1) is 0 Å². The van der Waals surface area contributed by atoms with Crippen LogP contribution in [0.2, 0.25) is 0 Å². The molecule has 0 aliphatic heterocycles. The number of benzene rings is 3. The fourth-order valence-corrected chi connectivity index (χ4v) is 4.54. The average molecular weight is 401 g/mol. The predicted molar refractivity (Wildman–Crippen MR) is 111 cm³/mol. The summed E-state index contributed by atoms with van der Waals surface area (Å²) in [6.07, 6.45) is 0.967. The molecule has 0 bridgehead atoms. The minimum Gasteiger partial charge on any atom is -0.383 e. The highest BCUT2D eigenvalue weighted by atomic mass is 79.9. The summed E-state index contributed by atoms with van der Waals surface area (Å²) in [4.78, 5) is 4.85. The van der Waals surface area contributed by atoms with E-state index in [1.807, 2.05) is 6.07 Å². The van der Waals surface area contributed by atoms with Crippen LogP contribution >= 0.6 is 15.9 Å². The van der Waals surface area contributed by atoms with Crippen LogP contribution in [0.25, 0.3) is 22.0 Å². The van der Waals surface area contributed by atoms with E-state index in [2.05, 4.69) is 82.7 Å². The molecule has 1 aliphatic carbocycles. The summed E-state index contributed by atoms with van der Waals surface area (Å²) in [6.45, 7) is 0. The van der Waals surface area contributed by atoms with Crippen LogP contribution in [-0.2, 0) is 6.42 Å². The smallest absolute Gasteiger partial charge is 0.131 e. The molecule has 0 saturated heterocycles. The first-order chi connectivity index (χ1) is 12.7. The van der Waals surface area contributed by atoms with Gasteiger partial charge < -0.3 is 5.73 Å². The number of nitrogen functional groups attached to an aromatic ring is 1. The van der Waals surface area contributed by atoms with Crippen LogP contribution in [-0.4, -0.2) is 4.98 Å². The third kappa shape index (κ3) is 2.35. The number of halogens is 1. The SMILES string of the molecule is Nc1nc2c(c3ccccc13)C(c1cccc(Br)c1)Cc1ccccc1-2. The van der Waals surface area contributed by atoms with Gasteiger partial charge in [0.1, 0.15) is 5.82 Å².